The van der Waals surface area contributed by atoms with E-state index >= 15 is 0 Å². The number of hydrogen-bond donors (Lipinski definition) is 1. The number of carbonyl (C=O) groups excluding carboxylic acids is 1. The van der Waals surface area contributed by atoms with Gasteiger partial charge in [0.05, 0.1) is 16.7 Å². The molecule has 2 heterocycles. The molecule has 9 heteroatoms. The number of ether oxygens (including phenoxy) is 1. The van der Waals surface area contributed by atoms with Crippen LogP contribution >= 0.6 is 0 Å². The molecule has 26 heavy (non-hydrogen) atoms. The first kappa shape index (κ1) is 18.6. The number of nitrogens with zero attached hydrogens (tertiary/aromatic N) is 2. The lowest BCUT2D eigenvalue weighted by Crippen LogP contribution is -2.30. The molecule has 0 bridgehead atoms. The first-order chi connectivity index (χ1) is 12.3. The highest BCUT2D eigenvalue weighted by atomic mass is 32.2. The highest BCUT2D eigenvalue weighted by Crippen LogP contribution is 2.25. The Balaban J connectivity index is 1.72. The van der Waals surface area contributed by atoms with Crippen LogP contribution in [0.5, 0.6) is 0 Å². The van der Waals surface area contributed by atoms with E-state index in [1.807, 2.05) is 13.0 Å². The number of methoxy groups -OCH3 is 1. The topological polar surface area (TPSA) is 116 Å². The lowest BCUT2D eigenvalue weighted by Gasteiger charge is -2.16. The summed E-state index contributed by atoms with van der Waals surface area (Å²) in [5.74, 6) is 0.686. The Hall–Kier alpha value is -2.23. The first-order valence-corrected chi connectivity index (χ1v) is 9.69. The maximum atomic E-state index is 12.7. The van der Waals surface area contributed by atoms with Crippen LogP contribution in [0.3, 0.4) is 0 Å². The second kappa shape index (κ2) is 7.18. The van der Waals surface area contributed by atoms with Gasteiger partial charge in [-0.25, -0.2) is 13.6 Å². The van der Waals surface area contributed by atoms with Crippen molar-refractivity contribution in [3.05, 3.63) is 47.3 Å². The smallest absolute Gasteiger partial charge is 0.253 e. The van der Waals surface area contributed by atoms with E-state index in [0.29, 0.717) is 25.1 Å². The zero-order chi connectivity index (χ0) is 18.9. The highest BCUT2D eigenvalue weighted by molar-refractivity contribution is 7.89. The summed E-state index contributed by atoms with van der Waals surface area (Å²) in [5, 5.41) is 8.96. The fourth-order valence-corrected chi connectivity index (χ4v) is 3.73. The molecule has 2 atom stereocenters. The van der Waals surface area contributed by atoms with E-state index in [1.165, 1.54) is 24.3 Å². The van der Waals surface area contributed by atoms with Crippen LogP contribution in [0.25, 0.3) is 0 Å². The second-order valence-corrected chi connectivity index (χ2v) is 8.01. The number of likely N-dealkylation sites (tertiary alicyclic amines) is 1. The van der Waals surface area contributed by atoms with Crippen molar-refractivity contribution in [1.82, 2.24) is 10.1 Å². The number of primary sulfonamides is 1. The van der Waals surface area contributed by atoms with E-state index in [0.717, 1.165) is 11.5 Å². The molecule has 3 rings (SSSR count). The summed E-state index contributed by atoms with van der Waals surface area (Å²) in [6.07, 6.45) is 0.529. The Bertz CT molecular complexity index is 891. The number of benzene rings is 1. The maximum Gasteiger partial charge on any atom is 0.253 e. The molecule has 2 aromatic rings. The number of aromatic nitrogens is 1. The van der Waals surface area contributed by atoms with Crippen LogP contribution in [0.4, 0.5) is 0 Å². The van der Waals surface area contributed by atoms with Gasteiger partial charge in [-0.05, 0) is 31.2 Å². The Kier molecular flexibility index (Phi) is 5.12. The van der Waals surface area contributed by atoms with Crippen molar-refractivity contribution in [3.63, 3.8) is 0 Å². The van der Waals surface area contributed by atoms with Crippen LogP contribution in [-0.2, 0) is 21.2 Å². The fourth-order valence-electron chi connectivity index (χ4n) is 3.21. The lowest BCUT2D eigenvalue weighted by molar-refractivity contribution is 0.0672. The van der Waals surface area contributed by atoms with Crippen LogP contribution in [-0.4, -0.2) is 50.7 Å². The number of hydrogen-bond acceptors (Lipinski definition) is 6. The molecule has 0 radical (unpaired) electrons. The minimum Gasteiger partial charge on any atom is -0.379 e. The maximum absolute atomic E-state index is 12.7. The van der Waals surface area contributed by atoms with Gasteiger partial charge in [0, 0.05) is 44.2 Å². The molecule has 0 spiro atoms. The van der Waals surface area contributed by atoms with Gasteiger partial charge < -0.3 is 14.2 Å². The van der Waals surface area contributed by atoms with Crippen molar-refractivity contribution in [2.24, 2.45) is 11.1 Å². The molecule has 1 aromatic carbocycles. The average molecular weight is 379 g/mol. The van der Waals surface area contributed by atoms with E-state index < -0.39 is 10.0 Å². The predicted octanol–water partition coefficient (Wildman–Crippen LogP) is 0.960. The van der Waals surface area contributed by atoms with Crippen molar-refractivity contribution in [2.45, 2.75) is 24.3 Å². The molecule has 1 fully saturated rings. The summed E-state index contributed by atoms with van der Waals surface area (Å²) in [6.45, 7) is 2.84. The molecule has 8 nitrogen and oxygen atoms in total. The Morgan fingerprint density at radius 2 is 2.04 bits per heavy atom. The zero-order valence-corrected chi connectivity index (χ0v) is 15.4. The van der Waals surface area contributed by atoms with Gasteiger partial charge in [-0.1, -0.05) is 5.16 Å². The van der Waals surface area contributed by atoms with E-state index in [1.54, 1.807) is 12.0 Å². The molecule has 0 unspecified atom stereocenters. The molecule has 140 valence electrons. The Morgan fingerprint density at radius 1 is 1.35 bits per heavy atom. The molecule has 1 aliphatic heterocycles. The number of sulfonamides is 1. The predicted molar refractivity (Wildman–Crippen MR) is 92.9 cm³/mol. The average Bonchev–Trinajstić information content (AvgIpc) is 3.20. The molecule has 1 amide bonds. The van der Waals surface area contributed by atoms with Gasteiger partial charge >= 0.3 is 0 Å². The van der Waals surface area contributed by atoms with Gasteiger partial charge in [-0.3, -0.25) is 4.79 Å². The van der Waals surface area contributed by atoms with E-state index in [9.17, 15) is 13.2 Å². The molecule has 0 aliphatic carbocycles. The number of rotatable bonds is 5. The lowest BCUT2D eigenvalue weighted by atomic mass is 10.0. The monoisotopic (exact) mass is 379 g/mol. The van der Waals surface area contributed by atoms with Crippen LogP contribution in [0.2, 0.25) is 0 Å². The first-order valence-electron chi connectivity index (χ1n) is 8.15. The molecular formula is C17H21N3O5S. The summed E-state index contributed by atoms with van der Waals surface area (Å²) in [7, 11) is -2.16. The van der Waals surface area contributed by atoms with Crippen LogP contribution < -0.4 is 5.14 Å². The summed E-state index contributed by atoms with van der Waals surface area (Å²) >= 11 is 0. The van der Waals surface area contributed by atoms with Crippen molar-refractivity contribution >= 4 is 15.9 Å². The van der Waals surface area contributed by atoms with Crippen LogP contribution in [0.1, 0.15) is 21.8 Å². The van der Waals surface area contributed by atoms with Crippen LogP contribution in [0.15, 0.2) is 39.8 Å². The minimum atomic E-state index is -3.78. The molecular weight excluding hydrogens is 358 g/mol. The Morgan fingerprint density at radius 3 is 2.58 bits per heavy atom. The molecule has 1 saturated heterocycles. The SMILES string of the molecule is CO[C@H]1CN(C(=O)c2ccc(S(N)(=O)=O)cc2)C[C@H]1Cc1cc(C)no1. The van der Waals surface area contributed by atoms with E-state index in [-0.39, 0.29) is 22.8 Å². The molecule has 2 N–H and O–H groups in total. The van der Waals surface area contributed by atoms with Crippen molar-refractivity contribution in [2.75, 3.05) is 20.2 Å². The standard InChI is InChI=1S/C17H21N3O5S/c1-11-7-14(25-19-11)8-13-9-20(10-16(13)24-2)17(21)12-3-5-15(6-4-12)26(18,22)23/h3-7,13,16H,8-10H2,1-2H3,(H2,18,22,23)/t13-,16+/m1/s1. The summed E-state index contributed by atoms with van der Waals surface area (Å²) in [6, 6.07) is 7.49. The second-order valence-electron chi connectivity index (χ2n) is 6.45. The van der Waals surface area contributed by atoms with Gasteiger partial charge in [-0.15, -0.1) is 0 Å². The number of carbonyl (C=O) groups is 1. The van der Waals surface area contributed by atoms with Crippen molar-refractivity contribution in [3.8, 4) is 0 Å². The van der Waals surface area contributed by atoms with Gasteiger partial charge in [0.25, 0.3) is 5.91 Å². The summed E-state index contributed by atoms with van der Waals surface area (Å²) in [5.41, 5.74) is 1.22. The zero-order valence-electron chi connectivity index (χ0n) is 14.6. The Labute approximate surface area is 152 Å². The number of nitrogens with two attached hydrogens (primary N) is 1. The third kappa shape index (κ3) is 3.95. The van der Waals surface area contributed by atoms with Crippen molar-refractivity contribution in [1.29, 1.82) is 0 Å². The van der Waals surface area contributed by atoms with Gasteiger partial charge in [0.15, 0.2) is 0 Å². The van der Waals surface area contributed by atoms with E-state index in [4.69, 9.17) is 14.4 Å². The third-order valence-corrected chi connectivity index (χ3v) is 5.47. The quantitative estimate of drug-likeness (QED) is 0.827. The number of aryl methyl sites for hydroxylation is 1. The van der Waals surface area contributed by atoms with Gasteiger partial charge in [0.2, 0.25) is 10.0 Å². The van der Waals surface area contributed by atoms with Gasteiger partial charge in [0.1, 0.15) is 5.76 Å². The normalized spacial score (nSPS) is 20.5. The third-order valence-electron chi connectivity index (χ3n) is 4.54. The minimum absolute atomic E-state index is 0.0243. The summed E-state index contributed by atoms with van der Waals surface area (Å²) < 4.78 is 33.4. The van der Waals surface area contributed by atoms with Crippen molar-refractivity contribution < 1.29 is 22.5 Å². The molecule has 0 saturated carbocycles. The van der Waals surface area contributed by atoms with Crippen LogP contribution in [0, 0.1) is 12.8 Å². The van der Waals surface area contributed by atoms with Gasteiger partial charge in [-0.2, -0.15) is 0 Å². The molecule has 1 aromatic heterocycles. The highest BCUT2D eigenvalue weighted by Gasteiger charge is 2.36. The summed E-state index contributed by atoms with van der Waals surface area (Å²) in [4.78, 5) is 14.4. The fraction of sp³-hybridized carbons (Fsp3) is 0.412. The largest absolute Gasteiger partial charge is 0.379 e. The molecule has 1 aliphatic rings. The van der Waals surface area contributed by atoms with E-state index in [2.05, 4.69) is 5.16 Å². The number of amides is 1.